The van der Waals surface area contributed by atoms with Crippen molar-refractivity contribution in [1.29, 1.82) is 0 Å². The molecule has 2 heterocycles. The van der Waals surface area contributed by atoms with Gasteiger partial charge in [0.15, 0.2) is 0 Å². The fourth-order valence-electron chi connectivity index (χ4n) is 2.04. The van der Waals surface area contributed by atoms with Crippen LogP contribution in [0.1, 0.15) is 42.5 Å². The number of hydrogen-bond acceptors (Lipinski definition) is 4. The quantitative estimate of drug-likeness (QED) is 0.808. The molecule has 2 N–H and O–H groups in total. The number of thiophene rings is 2. The van der Waals surface area contributed by atoms with Gasteiger partial charge in [-0.25, -0.2) is 0 Å². The molecule has 0 saturated carbocycles. The Morgan fingerprint density at radius 3 is 2.00 bits per heavy atom. The summed E-state index contributed by atoms with van der Waals surface area (Å²) in [5.41, 5.74) is -0.604. The van der Waals surface area contributed by atoms with Crippen molar-refractivity contribution >= 4 is 22.7 Å². The van der Waals surface area contributed by atoms with Gasteiger partial charge in [-0.1, -0.05) is 26.0 Å². The molecule has 0 amide bonds. The Morgan fingerprint density at radius 1 is 1.11 bits per heavy atom. The van der Waals surface area contributed by atoms with Crippen LogP contribution in [0.15, 0.2) is 35.0 Å². The molecule has 0 aliphatic heterocycles. The third-order valence-electron chi connectivity index (χ3n) is 3.61. The predicted octanol–water partition coefficient (Wildman–Crippen LogP) is 4.04. The van der Waals surface area contributed by atoms with Crippen molar-refractivity contribution in [3.05, 3.63) is 44.8 Å². The van der Waals surface area contributed by atoms with Crippen LogP contribution in [0.25, 0.3) is 0 Å². The van der Waals surface area contributed by atoms with E-state index in [1.165, 1.54) is 9.75 Å². The van der Waals surface area contributed by atoms with E-state index in [9.17, 15) is 5.11 Å². The molecule has 0 atom stereocenters. The van der Waals surface area contributed by atoms with Crippen LogP contribution in [0.4, 0.5) is 0 Å². The van der Waals surface area contributed by atoms with Gasteiger partial charge in [-0.3, -0.25) is 0 Å². The van der Waals surface area contributed by atoms with Crippen LogP contribution in [-0.4, -0.2) is 17.3 Å². The standard InChI is InChI=1S/C15H21NOS2/c1-3-15(17,4-2)11-16-14(12-7-5-9-18-12)13-8-6-10-19-13/h5-10,14,16-17H,3-4,11H2,1-2H3. The second-order valence-corrected chi connectivity index (χ2v) is 6.73. The van der Waals surface area contributed by atoms with Gasteiger partial charge in [0.25, 0.3) is 0 Å². The highest BCUT2D eigenvalue weighted by Crippen LogP contribution is 2.29. The van der Waals surface area contributed by atoms with E-state index in [-0.39, 0.29) is 6.04 Å². The van der Waals surface area contributed by atoms with Gasteiger partial charge in [-0.15, -0.1) is 22.7 Å². The molecule has 2 aromatic heterocycles. The summed E-state index contributed by atoms with van der Waals surface area (Å²) in [6, 6.07) is 8.66. The van der Waals surface area contributed by atoms with Crippen LogP contribution in [0.3, 0.4) is 0 Å². The van der Waals surface area contributed by atoms with Crippen LogP contribution in [0.2, 0.25) is 0 Å². The molecular formula is C15H21NOS2. The second kappa shape index (κ2) is 6.66. The summed E-state index contributed by atoms with van der Waals surface area (Å²) in [6.07, 6.45) is 1.55. The molecule has 2 aromatic rings. The molecular weight excluding hydrogens is 274 g/mol. The third kappa shape index (κ3) is 3.66. The van der Waals surface area contributed by atoms with Gasteiger partial charge in [0.2, 0.25) is 0 Å². The molecule has 2 rings (SSSR count). The molecule has 0 spiro atoms. The van der Waals surface area contributed by atoms with E-state index in [0.29, 0.717) is 6.54 Å². The average molecular weight is 295 g/mol. The predicted molar refractivity (Wildman–Crippen MR) is 84.0 cm³/mol. The molecule has 104 valence electrons. The molecule has 0 aliphatic rings. The van der Waals surface area contributed by atoms with Crippen LogP contribution < -0.4 is 5.32 Å². The van der Waals surface area contributed by atoms with E-state index in [1.807, 2.05) is 13.8 Å². The van der Waals surface area contributed by atoms with Crippen molar-refractivity contribution in [2.75, 3.05) is 6.54 Å². The molecule has 0 bridgehead atoms. The van der Waals surface area contributed by atoms with Gasteiger partial charge < -0.3 is 10.4 Å². The Labute approximate surface area is 123 Å². The first-order chi connectivity index (χ1) is 9.18. The van der Waals surface area contributed by atoms with Crippen LogP contribution >= 0.6 is 22.7 Å². The first-order valence-electron chi connectivity index (χ1n) is 6.71. The Hall–Kier alpha value is -0.680. The van der Waals surface area contributed by atoms with Gasteiger partial charge in [0, 0.05) is 16.3 Å². The summed E-state index contributed by atoms with van der Waals surface area (Å²) < 4.78 is 0. The van der Waals surface area contributed by atoms with E-state index in [4.69, 9.17) is 0 Å². The zero-order valence-corrected chi connectivity index (χ0v) is 13.1. The molecule has 2 nitrogen and oxygen atoms in total. The number of nitrogens with one attached hydrogen (secondary N) is 1. The molecule has 4 heteroatoms. The van der Waals surface area contributed by atoms with Gasteiger partial charge >= 0.3 is 0 Å². The minimum absolute atomic E-state index is 0.199. The molecule has 0 aromatic carbocycles. The smallest absolute Gasteiger partial charge is 0.0766 e. The maximum absolute atomic E-state index is 10.4. The summed E-state index contributed by atoms with van der Waals surface area (Å²) in [5.74, 6) is 0. The highest BCUT2D eigenvalue weighted by Gasteiger charge is 2.25. The monoisotopic (exact) mass is 295 g/mol. The second-order valence-electron chi connectivity index (χ2n) is 4.78. The lowest BCUT2D eigenvalue weighted by molar-refractivity contribution is 0.0310. The maximum Gasteiger partial charge on any atom is 0.0766 e. The zero-order chi connectivity index (χ0) is 13.7. The lowest BCUT2D eigenvalue weighted by Crippen LogP contribution is -2.40. The lowest BCUT2D eigenvalue weighted by atomic mass is 9.97. The van der Waals surface area contributed by atoms with E-state index in [2.05, 4.69) is 40.3 Å². The summed E-state index contributed by atoms with van der Waals surface area (Å²) in [5, 5.41) is 18.2. The fraction of sp³-hybridized carbons (Fsp3) is 0.467. The van der Waals surface area contributed by atoms with Crippen molar-refractivity contribution in [3.8, 4) is 0 Å². The SMILES string of the molecule is CCC(O)(CC)CNC(c1cccs1)c1cccs1. The molecule has 0 radical (unpaired) electrons. The topological polar surface area (TPSA) is 32.3 Å². The molecule has 19 heavy (non-hydrogen) atoms. The zero-order valence-electron chi connectivity index (χ0n) is 11.4. The normalized spacial score (nSPS) is 12.2. The van der Waals surface area contributed by atoms with Gasteiger partial charge in [0.05, 0.1) is 11.6 Å². The minimum atomic E-state index is -0.604. The average Bonchev–Trinajstić information content (AvgIpc) is 3.12. The van der Waals surface area contributed by atoms with Gasteiger partial charge in [-0.05, 0) is 35.7 Å². The molecule has 0 fully saturated rings. The Morgan fingerprint density at radius 2 is 1.63 bits per heavy atom. The summed E-state index contributed by atoms with van der Waals surface area (Å²) in [7, 11) is 0. The van der Waals surface area contributed by atoms with Crippen LogP contribution in [0.5, 0.6) is 0 Å². The third-order valence-corrected chi connectivity index (χ3v) is 5.48. The van der Waals surface area contributed by atoms with Crippen molar-refractivity contribution < 1.29 is 5.11 Å². The van der Waals surface area contributed by atoms with Crippen LogP contribution in [0, 0.1) is 0 Å². The first kappa shape index (κ1) is 14.7. The number of rotatable bonds is 7. The van der Waals surface area contributed by atoms with Gasteiger partial charge in [-0.2, -0.15) is 0 Å². The van der Waals surface area contributed by atoms with Crippen molar-refractivity contribution in [1.82, 2.24) is 5.32 Å². The van der Waals surface area contributed by atoms with E-state index in [0.717, 1.165) is 12.8 Å². The van der Waals surface area contributed by atoms with Crippen molar-refractivity contribution in [2.24, 2.45) is 0 Å². The lowest BCUT2D eigenvalue weighted by Gasteiger charge is -2.28. The molecule has 0 aliphatic carbocycles. The summed E-state index contributed by atoms with van der Waals surface area (Å²) in [4.78, 5) is 2.61. The summed E-state index contributed by atoms with van der Waals surface area (Å²) in [6.45, 7) is 4.70. The minimum Gasteiger partial charge on any atom is -0.389 e. The highest BCUT2D eigenvalue weighted by atomic mass is 32.1. The fourth-order valence-corrected chi connectivity index (χ4v) is 3.75. The molecule has 0 saturated heterocycles. The number of hydrogen-bond donors (Lipinski definition) is 2. The largest absolute Gasteiger partial charge is 0.389 e. The Kier molecular flexibility index (Phi) is 5.16. The van der Waals surface area contributed by atoms with E-state index in [1.54, 1.807) is 22.7 Å². The Balaban J connectivity index is 2.12. The highest BCUT2D eigenvalue weighted by molar-refractivity contribution is 7.11. The van der Waals surface area contributed by atoms with Crippen molar-refractivity contribution in [3.63, 3.8) is 0 Å². The van der Waals surface area contributed by atoms with E-state index < -0.39 is 5.60 Å². The van der Waals surface area contributed by atoms with Crippen LogP contribution in [-0.2, 0) is 0 Å². The van der Waals surface area contributed by atoms with E-state index >= 15 is 0 Å². The van der Waals surface area contributed by atoms with Gasteiger partial charge in [0.1, 0.15) is 0 Å². The molecule has 0 unspecified atom stereocenters. The number of aliphatic hydroxyl groups is 1. The van der Waals surface area contributed by atoms with Crippen molar-refractivity contribution in [2.45, 2.75) is 38.3 Å². The summed E-state index contributed by atoms with van der Waals surface area (Å²) >= 11 is 3.52. The maximum atomic E-state index is 10.4. The first-order valence-corrected chi connectivity index (χ1v) is 8.47. The Bertz CT molecular complexity index is 426.